The Morgan fingerprint density at radius 3 is 3.00 bits per heavy atom. The molecule has 1 atom stereocenters. The molecule has 0 radical (unpaired) electrons. The monoisotopic (exact) mass is 225 g/mol. The Hall–Kier alpha value is -0.610. The van der Waals surface area contributed by atoms with E-state index in [-0.39, 0.29) is 0 Å². The number of hydrogen-bond acceptors (Lipinski definition) is 4. The van der Waals surface area contributed by atoms with Crippen LogP contribution in [0.25, 0.3) is 0 Å². The van der Waals surface area contributed by atoms with E-state index in [1.165, 1.54) is 0 Å². The molecule has 0 saturated carbocycles. The van der Waals surface area contributed by atoms with Gasteiger partial charge in [-0.25, -0.2) is 9.97 Å². The quantitative estimate of drug-likeness (QED) is 0.459. The highest BCUT2D eigenvalue weighted by Gasteiger charge is 2.00. The normalized spacial score (nSPS) is 12.7. The maximum Gasteiger partial charge on any atom is 0.187 e. The first-order valence-electron chi connectivity index (χ1n) is 5.40. The lowest BCUT2D eigenvalue weighted by molar-refractivity contribution is 0.589. The van der Waals surface area contributed by atoms with Crippen LogP contribution in [0.15, 0.2) is 17.4 Å². The van der Waals surface area contributed by atoms with Crippen molar-refractivity contribution in [3.63, 3.8) is 0 Å². The van der Waals surface area contributed by atoms with Gasteiger partial charge in [-0.1, -0.05) is 18.7 Å². The van der Waals surface area contributed by atoms with Crippen LogP contribution >= 0.6 is 11.8 Å². The first-order chi connectivity index (χ1) is 7.22. The number of rotatable bonds is 6. The molecule has 3 nitrogen and oxygen atoms in total. The molecule has 0 bridgehead atoms. The zero-order valence-electron chi connectivity index (χ0n) is 9.44. The van der Waals surface area contributed by atoms with Crippen molar-refractivity contribution in [3.05, 3.63) is 18.0 Å². The summed E-state index contributed by atoms with van der Waals surface area (Å²) in [6.07, 6.45) is 5.10. The standard InChI is InChI=1S/C11H19N3S/c1-3-10(12)5-4-8-15-11-13-7-6-9(2)14-11/h6-7,10H,3-5,8,12H2,1-2H3. The maximum atomic E-state index is 5.84. The Morgan fingerprint density at radius 1 is 1.53 bits per heavy atom. The molecule has 0 spiro atoms. The van der Waals surface area contributed by atoms with Crippen molar-refractivity contribution in [2.75, 3.05) is 5.75 Å². The van der Waals surface area contributed by atoms with E-state index in [4.69, 9.17) is 5.73 Å². The van der Waals surface area contributed by atoms with Crippen LogP contribution in [0.3, 0.4) is 0 Å². The van der Waals surface area contributed by atoms with Gasteiger partial charge in [-0.05, 0) is 32.3 Å². The molecule has 1 heterocycles. The smallest absolute Gasteiger partial charge is 0.187 e. The van der Waals surface area contributed by atoms with Gasteiger partial charge in [-0.15, -0.1) is 0 Å². The fourth-order valence-electron chi connectivity index (χ4n) is 1.21. The molecule has 0 aromatic carbocycles. The first-order valence-corrected chi connectivity index (χ1v) is 6.39. The predicted octanol–water partition coefficient (Wildman–Crippen LogP) is 2.39. The zero-order valence-corrected chi connectivity index (χ0v) is 10.3. The first kappa shape index (κ1) is 12.5. The highest BCUT2D eigenvalue weighted by Crippen LogP contribution is 2.14. The Morgan fingerprint density at radius 2 is 2.33 bits per heavy atom. The largest absolute Gasteiger partial charge is 0.328 e. The van der Waals surface area contributed by atoms with Gasteiger partial charge in [0, 0.05) is 23.7 Å². The van der Waals surface area contributed by atoms with Gasteiger partial charge in [0.05, 0.1) is 0 Å². The van der Waals surface area contributed by atoms with Crippen LogP contribution in [-0.4, -0.2) is 21.8 Å². The molecule has 1 aromatic heterocycles. The molecule has 1 unspecified atom stereocenters. The molecule has 1 rings (SSSR count). The summed E-state index contributed by atoms with van der Waals surface area (Å²) in [5.41, 5.74) is 6.86. The van der Waals surface area contributed by atoms with E-state index in [0.717, 1.165) is 35.9 Å². The van der Waals surface area contributed by atoms with Gasteiger partial charge >= 0.3 is 0 Å². The van der Waals surface area contributed by atoms with Crippen molar-refractivity contribution in [3.8, 4) is 0 Å². The van der Waals surface area contributed by atoms with Crippen LogP contribution in [0.1, 0.15) is 31.9 Å². The van der Waals surface area contributed by atoms with Crippen LogP contribution in [0.5, 0.6) is 0 Å². The molecule has 2 N–H and O–H groups in total. The SMILES string of the molecule is CCC(N)CCCSc1nccc(C)n1. The number of hydrogen-bond donors (Lipinski definition) is 1. The van der Waals surface area contributed by atoms with E-state index in [2.05, 4.69) is 16.9 Å². The molecule has 0 aliphatic carbocycles. The summed E-state index contributed by atoms with van der Waals surface area (Å²) < 4.78 is 0. The van der Waals surface area contributed by atoms with Crippen molar-refractivity contribution >= 4 is 11.8 Å². The Bertz CT molecular complexity index is 291. The average Bonchev–Trinajstić information content (AvgIpc) is 2.24. The second-order valence-electron chi connectivity index (χ2n) is 3.64. The van der Waals surface area contributed by atoms with Crippen LogP contribution in [0.2, 0.25) is 0 Å². The van der Waals surface area contributed by atoms with E-state index in [1.807, 2.05) is 19.2 Å². The van der Waals surface area contributed by atoms with E-state index in [0.29, 0.717) is 6.04 Å². The Balaban J connectivity index is 2.20. The van der Waals surface area contributed by atoms with Crippen LogP contribution in [0.4, 0.5) is 0 Å². The van der Waals surface area contributed by atoms with E-state index < -0.39 is 0 Å². The minimum atomic E-state index is 0.351. The second-order valence-corrected chi connectivity index (χ2v) is 4.70. The number of nitrogens with zero attached hydrogens (tertiary/aromatic N) is 2. The molecule has 0 amide bonds. The minimum absolute atomic E-state index is 0.351. The molecule has 0 fully saturated rings. The molecule has 4 heteroatoms. The summed E-state index contributed by atoms with van der Waals surface area (Å²) in [4.78, 5) is 8.53. The molecular formula is C11H19N3S. The second kappa shape index (κ2) is 6.80. The van der Waals surface area contributed by atoms with Crippen molar-refractivity contribution in [2.45, 2.75) is 44.3 Å². The molecule has 15 heavy (non-hydrogen) atoms. The number of aromatic nitrogens is 2. The molecule has 0 saturated heterocycles. The molecule has 1 aromatic rings. The molecule has 0 aliphatic heterocycles. The summed E-state index contributed by atoms with van der Waals surface area (Å²) in [7, 11) is 0. The van der Waals surface area contributed by atoms with Gasteiger partial charge in [0.15, 0.2) is 5.16 Å². The van der Waals surface area contributed by atoms with E-state index in [9.17, 15) is 0 Å². The van der Waals surface area contributed by atoms with Crippen LogP contribution in [-0.2, 0) is 0 Å². The van der Waals surface area contributed by atoms with Gasteiger partial charge < -0.3 is 5.73 Å². The number of nitrogens with two attached hydrogens (primary N) is 1. The van der Waals surface area contributed by atoms with Gasteiger partial charge in [0.2, 0.25) is 0 Å². The van der Waals surface area contributed by atoms with Crippen molar-refractivity contribution in [2.24, 2.45) is 5.73 Å². The van der Waals surface area contributed by atoms with Gasteiger partial charge in [-0.2, -0.15) is 0 Å². The summed E-state index contributed by atoms with van der Waals surface area (Å²) in [6, 6.07) is 2.26. The Kier molecular flexibility index (Phi) is 5.65. The third-order valence-corrected chi connectivity index (χ3v) is 3.20. The fraction of sp³-hybridized carbons (Fsp3) is 0.636. The van der Waals surface area contributed by atoms with Crippen LogP contribution < -0.4 is 5.73 Å². The molecule has 0 aliphatic rings. The summed E-state index contributed by atoms with van der Waals surface area (Å²) in [6.45, 7) is 4.11. The lowest BCUT2D eigenvalue weighted by atomic mass is 10.1. The lowest BCUT2D eigenvalue weighted by Crippen LogP contribution is -2.18. The third kappa shape index (κ3) is 5.14. The highest BCUT2D eigenvalue weighted by atomic mass is 32.2. The molecule has 84 valence electrons. The summed E-state index contributed by atoms with van der Waals surface area (Å²) in [5.74, 6) is 1.05. The van der Waals surface area contributed by atoms with Crippen LogP contribution in [0, 0.1) is 6.92 Å². The lowest BCUT2D eigenvalue weighted by Gasteiger charge is -2.07. The minimum Gasteiger partial charge on any atom is -0.328 e. The summed E-state index contributed by atoms with van der Waals surface area (Å²) in [5, 5.41) is 0.875. The van der Waals surface area contributed by atoms with Gasteiger partial charge in [0.25, 0.3) is 0 Å². The third-order valence-electron chi connectivity index (χ3n) is 2.25. The maximum absolute atomic E-state index is 5.84. The molecular weight excluding hydrogens is 206 g/mol. The Labute approximate surface area is 95.9 Å². The van der Waals surface area contributed by atoms with Gasteiger partial charge in [0.1, 0.15) is 0 Å². The zero-order chi connectivity index (χ0) is 11.1. The van der Waals surface area contributed by atoms with E-state index in [1.54, 1.807) is 11.8 Å². The number of thioether (sulfide) groups is 1. The van der Waals surface area contributed by atoms with Gasteiger partial charge in [-0.3, -0.25) is 0 Å². The average molecular weight is 225 g/mol. The fourth-order valence-corrected chi connectivity index (χ4v) is 2.05. The predicted molar refractivity (Wildman–Crippen MR) is 65.0 cm³/mol. The number of aryl methyl sites for hydroxylation is 1. The topological polar surface area (TPSA) is 51.8 Å². The van der Waals surface area contributed by atoms with Crippen molar-refractivity contribution in [1.82, 2.24) is 9.97 Å². The highest BCUT2D eigenvalue weighted by molar-refractivity contribution is 7.99. The van der Waals surface area contributed by atoms with E-state index >= 15 is 0 Å². The van der Waals surface area contributed by atoms with Crippen molar-refractivity contribution < 1.29 is 0 Å². The van der Waals surface area contributed by atoms with Crippen molar-refractivity contribution in [1.29, 1.82) is 0 Å². The summed E-state index contributed by atoms with van der Waals surface area (Å²) >= 11 is 1.71.